The van der Waals surface area contributed by atoms with E-state index in [2.05, 4.69) is 4.98 Å². The molecule has 0 aliphatic carbocycles. The van der Waals surface area contributed by atoms with Crippen LogP contribution in [0.1, 0.15) is 44.1 Å². The molecule has 27 heavy (non-hydrogen) atoms. The van der Waals surface area contributed by atoms with Crippen molar-refractivity contribution >= 4 is 11.9 Å². The van der Waals surface area contributed by atoms with E-state index < -0.39 is 11.4 Å². The third-order valence-corrected chi connectivity index (χ3v) is 6.32. The molecule has 2 aliphatic rings. The summed E-state index contributed by atoms with van der Waals surface area (Å²) >= 11 is 0. The Morgan fingerprint density at radius 2 is 2.04 bits per heavy atom. The molecule has 2 aromatic rings. The number of hydrogen-bond donors (Lipinski definition) is 1. The van der Waals surface area contributed by atoms with Crippen LogP contribution < -0.4 is 0 Å². The van der Waals surface area contributed by atoms with Gasteiger partial charge in [0, 0.05) is 17.6 Å². The van der Waals surface area contributed by atoms with Gasteiger partial charge in [-0.3, -0.25) is 9.59 Å². The molecular formula is C21H24N2O4. The molecule has 1 N–H and O–H groups in total. The SMILES string of the molecule is CC[C@@]1(C(=O)O)C[C@@H]2CC[C@H]1N2C(=O)Cc1nc(-c2ccccc2)oc1C. The van der Waals surface area contributed by atoms with Crippen LogP contribution in [0.4, 0.5) is 0 Å². The number of carboxylic acid groups (broad SMARTS) is 1. The Kier molecular flexibility index (Phi) is 4.29. The van der Waals surface area contributed by atoms with Gasteiger partial charge in [0.2, 0.25) is 11.8 Å². The number of hydrogen-bond acceptors (Lipinski definition) is 4. The Hall–Kier alpha value is -2.63. The first-order chi connectivity index (χ1) is 13.0. The molecule has 3 atom stereocenters. The molecule has 6 nitrogen and oxygen atoms in total. The van der Waals surface area contributed by atoms with Crippen molar-refractivity contribution < 1.29 is 19.1 Å². The van der Waals surface area contributed by atoms with Crippen LogP contribution in [0.15, 0.2) is 34.7 Å². The van der Waals surface area contributed by atoms with Gasteiger partial charge in [0.15, 0.2) is 0 Å². The lowest BCUT2D eigenvalue weighted by atomic mass is 9.72. The molecule has 1 aromatic heterocycles. The van der Waals surface area contributed by atoms with Crippen molar-refractivity contribution in [1.29, 1.82) is 0 Å². The number of carboxylic acids is 1. The molecule has 1 aromatic carbocycles. The third kappa shape index (κ3) is 2.74. The second kappa shape index (κ2) is 6.51. The summed E-state index contributed by atoms with van der Waals surface area (Å²) in [4.78, 5) is 31.3. The van der Waals surface area contributed by atoms with E-state index >= 15 is 0 Å². The van der Waals surface area contributed by atoms with Crippen molar-refractivity contribution in [3.05, 3.63) is 41.8 Å². The molecule has 1 amide bonds. The monoisotopic (exact) mass is 368 g/mol. The van der Waals surface area contributed by atoms with Crippen LogP contribution in [0, 0.1) is 12.3 Å². The van der Waals surface area contributed by atoms with Gasteiger partial charge in [-0.2, -0.15) is 0 Å². The fourth-order valence-corrected chi connectivity index (χ4v) is 4.85. The summed E-state index contributed by atoms with van der Waals surface area (Å²) in [5.74, 6) is 0.316. The second-order valence-corrected chi connectivity index (χ2v) is 7.63. The number of fused-ring (bicyclic) bond motifs is 2. The third-order valence-electron chi connectivity index (χ3n) is 6.32. The number of aryl methyl sites for hydroxylation is 1. The molecular weight excluding hydrogens is 344 g/mol. The van der Waals surface area contributed by atoms with Gasteiger partial charge in [0.05, 0.1) is 17.5 Å². The summed E-state index contributed by atoms with van der Waals surface area (Å²) < 4.78 is 5.76. The van der Waals surface area contributed by atoms with Crippen LogP contribution in [0.25, 0.3) is 11.5 Å². The maximum atomic E-state index is 13.1. The van der Waals surface area contributed by atoms with Crippen molar-refractivity contribution in [1.82, 2.24) is 9.88 Å². The zero-order chi connectivity index (χ0) is 19.2. The maximum absolute atomic E-state index is 13.1. The first-order valence-corrected chi connectivity index (χ1v) is 9.52. The van der Waals surface area contributed by atoms with E-state index in [-0.39, 0.29) is 24.4 Å². The highest BCUT2D eigenvalue weighted by molar-refractivity contribution is 5.84. The van der Waals surface area contributed by atoms with E-state index in [1.54, 1.807) is 0 Å². The second-order valence-electron chi connectivity index (χ2n) is 7.63. The Morgan fingerprint density at radius 1 is 1.30 bits per heavy atom. The molecule has 2 aliphatic heterocycles. The Balaban J connectivity index is 1.56. The average molecular weight is 368 g/mol. The zero-order valence-corrected chi connectivity index (χ0v) is 15.6. The summed E-state index contributed by atoms with van der Waals surface area (Å²) in [5.41, 5.74) is 0.700. The van der Waals surface area contributed by atoms with Gasteiger partial charge >= 0.3 is 5.97 Å². The van der Waals surface area contributed by atoms with Crippen molar-refractivity contribution in [2.45, 2.75) is 58.0 Å². The number of carbonyl (C=O) groups is 2. The van der Waals surface area contributed by atoms with Gasteiger partial charge in [0.1, 0.15) is 5.76 Å². The highest BCUT2D eigenvalue weighted by Gasteiger charge is 2.60. The average Bonchev–Trinajstić information content (AvgIpc) is 3.34. The highest BCUT2D eigenvalue weighted by atomic mass is 16.4. The van der Waals surface area contributed by atoms with Crippen molar-refractivity contribution in [3.8, 4) is 11.5 Å². The molecule has 4 rings (SSSR count). The first kappa shape index (κ1) is 17.8. The topological polar surface area (TPSA) is 83.6 Å². The number of benzene rings is 1. The Morgan fingerprint density at radius 3 is 2.67 bits per heavy atom. The molecule has 0 saturated carbocycles. The van der Waals surface area contributed by atoms with E-state index in [1.807, 2.05) is 49.1 Å². The van der Waals surface area contributed by atoms with E-state index in [1.165, 1.54) is 0 Å². The van der Waals surface area contributed by atoms with Crippen LogP contribution in [-0.2, 0) is 16.0 Å². The molecule has 3 heterocycles. The number of aliphatic carboxylic acids is 1. The van der Waals surface area contributed by atoms with Gasteiger partial charge < -0.3 is 14.4 Å². The molecule has 2 saturated heterocycles. The van der Waals surface area contributed by atoms with Crippen LogP contribution in [0.2, 0.25) is 0 Å². The smallest absolute Gasteiger partial charge is 0.311 e. The highest BCUT2D eigenvalue weighted by Crippen LogP contribution is 2.52. The minimum absolute atomic E-state index is 0.0272. The predicted molar refractivity (Wildman–Crippen MR) is 99.0 cm³/mol. The number of carbonyl (C=O) groups excluding carboxylic acids is 1. The fourth-order valence-electron chi connectivity index (χ4n) is 4.85. The van der Waals surface area contributed by atoms with E-state index in [0.717, 1.165) is 18.4 Å². The Labute approximate surface area is 158 Å². The lowest BCUT2D eigenvalue weighted by Crippen LogP contribution is -2.45. The normalized spacial score (nSPS) is 26.5. The van der Waals surface area contributed by atoms with Crippen molar-refractivity contribution in [2.75, 3.05) is 0 Å². The van der Waals surface area contributed by atoms with E-state index in [4.69, 9.17) is 4.42 Å². The summed E-state index contributed by atoms with van der Waals surface area (Å²) in [7, 11) is 0. The van der Waals surface area contributed by atoms with Gasteiger partial charge in [-0.1, -0.05) is 25.1 Å². The van der Waals surface area contributed by atoms with Gasteiger partial charge in [-0.25, -0.2) is 4.98 Å². The molecule has 2 fully saturated rings. The number of rotatable bonds is 5. The van der Waals surface area contributed by atoms with E-state index in [0.29, 0.717) is 30.2 Å². The van der Waals surface area contributed by atoms with Crippen LogP contribution in [0.3, 0.4) is 0 Å². The first-order valence-electron chi connectivity index (χ1n) is 9.52. The number of oxazole rings is 1. The molecule has 0 spiro atoms. The minimum Gasteiger partial charge on any atom is -0.481 e. The zero-order valence-electron chi connectivity index (χ0n) is 15.6. The lowest BCUT2D eigenvalue weighted by molar-refractivity contribution is -0.151. The molecule has 2 bridgehead atoms. The van der Waals surface area contributed by atoms with E-state index in [9.17, 15) is 14.7 Å². The van der Waals surface area contributed by atoms with Crippen molar-refractivity contribution in [3.63, 3.8) is 0 Å². The minimum atomic E-state index is -0.799. The Bertz CT molecular complexity index is 876. The lowest BCUT2D eigenvalue weighted by Gasteiger charge is -2.32. The summed E-state index contributed by atoms with van der Waals surface area (Å²) in [6.07, 6.45) is 2.91. The molecule has 0 unspecified atom stereocenters. The van der Waals surface area contributed by atoms with Crippen LogP contribution in [-0.4, -0.2) is 39.0 Å². The summed E-state index contributed by atoms with van der Waals surface area (Å²) in [6.45, 7) is 3.72. The standard InChI is InChI=1S/C21H24N2O4/c1-3-21(20(25)26)12-15-9-10-17(21)23(15)18(24)11-16-13(2)27-19(22-16)14-7-5-4-6-8-14/h4-8,15,17H,3,9-12H2,1-2H3,(H,25,26)/t15-,17+,21+/m0/s1. The largest absolute Gasteiger partial charge is 0.481 e. The molecule has 0 radical (unpaired) electrons. The van der Waals surface area contributed by atoms with Gasteiger partial charge in [-0.05, 0) is 44.7 Å². The molecule has 142 valence electrons. The molecule has 6 heteroatoms. The number of amides is 1. The number of nitrogens with zero attached hydrogens (tertiary/aromatic N) is 2. The summed E-state index contributed by atoms with van der Waals surface area (Å²) in [6, 6.07) is 9.41. The quantitative estimate of drug-likeness (QED) is 0.874. The fraction of sp³-hybridized carbons (Fsp3) is 0.476. The van der Waals surface area contributed by atoms with Gasteiger partial charge in [-0.15, -0.1) is 0 Å². The van der Waals surface area contributed by atoms with Crippen LogP contribution in [0.5, 0.6) is 0 Å². The van der Waals surface area contributed by atoms with Crippen LogP contribution >= 0.6 is 0 Å². The van der Waals surface area contributed by atoms with Crippen molar-refractivity contribution in [2.24, 2.45) is 5.41 Å². The maximum Gasteiger partial charge on any atom is 0.311 e. The van der Waals surface area contributed by atoms with Gasteiger partial charge in [0.25, 0.3) is 0 Å². The predicted octanol–water partition coefficient (Wildman–Crippen LogP) is 3.44. The summed E-state index contributed by atoms with van der Waals surface area (Å²) in [5, 5.41) is 9.78. The number of aromatic nitrogens is 1.